The summed E-state index contributed by atoms with van der Waals surface area (Å²) in [5.41, 5.74) is 4.72. The van der Waals surface area contributed by atoms with E-state index in [0.29, 0.717) is 16.4 Å². The lowest BCUT2D eigenvalue weighted by Gasteiger charge is -2.06. The lowest BCUT2D eigenvalue weighted by Crippen LogP contribution is -2.00. The van der Waals surface area contributed by atoms with Crippen molar-refractivity contribution in [1.29, 1.82) is 0 Å². The SMILES string of the molecule is Cc1nn2c(Cl)c3c(nc2c1-c1ccccc1F)CCC3. The maximum atomic E-state index is 14.1. The normalized spacial score (nSPS) is 13.9. The van der Waals surface area contributed by atoms with Gasteiger partial charge in [0.15, 0.2) is 5.65 Å². The number of halogens is 2. The fraction of sp³-hybridized carbons (Fsp3) is 0.250. The van der Waals surface area contributed by atoms with Crippen molar-refractivity contribution in [2.24, 2.45) is 0 Å². The number of benzene rings is 1. The summed E-state index contributed by atoms with van der Waals surface area (Å²) in [4.78, 5) is 4.70. The Balaban J connectivity index is 2.09. The van der Waals surface area contributed by atoms with Crippen LogP contribution in [0.15, 0.2) is 24.3 Å². The molecule has 3 aromatic rings. The molecule has 0 spiro atoms. The first-order valence-corrected chi connectivity index (χ1v) is 7.36. The van der Waals surface area contributed by atoms with Crippen LogP contribution in [0, 0.1) is 12.7 Å². The molecule has 21 heavy (non-hydrogen) atoms. The number of hydrogen-bond donors (Lipinski definition) is 0. The topological polar surface area (TPSA) is 30.2 Å². The average molecular weight is 302 g/mol. The van der Waals surface area contributed by atoms with E-state index in [1.807, 2.05) is 13.0 Å². The number of aryl methyl sites for hydroxylation is 2. The van der Waals surface area contributed by atoms with Crippen LogP contribution in [0.5, 0.6) is 0 Å². The number of rotatable bonds is 1. The summed E-state index contributed by atoms with van der Waals surface area (Å²) in [6, 6.07) is 6.70. The van der Waals surface area contributed by atoms with Crippen molar-refractivity contribution in [1.82, 2.24) is 14.6 Å². The number of nitrogens with zero attached hydrogens (tertiary/aromatic N) is 3. The Morgan fingerprint density at radius 3 is 2.86 bits per heavy atom. The summed E-state index contributed by atoms with van der Waals surface area (Å²) in [7, 11) is 0. The van der Waals surface area contributed by atoms with Gasteiger partial charge in [0.05, 0.1) is 11.3 Å². The van der Waals surface area contributed by atoms with Gasteiger partial charge in [-0.3, -0.25) is 0 Å². The van der Waals surface area contributed by atoms with Crippen LogP contribution in [0.25, 0.3) is 16.8 Å². The predicted octanol–water partition coefficient (Wildman–Crippen LogP) is 3.99. The second-order valence-corrected chi connectivity index (χ2v) is 5.72. The zero-order valence-corrected chi connectivity index (χ0v) is 12.3. The van der Waals surface area contributed by atoms with Gasteiger partial charge in [0.1, 0.15) is 11.0 Å². The highest BCUT2D eigenvalue weighted by molar-refractivity contribution is 6.30. The Bertz CT molecular complexity index is 870. The van der Waals surface area contributed by atoms with Crippen molar-refractivity contribution < 1.29 is 4.39 Å². The predicted molar refractivity (Wildman–Crippen MR) is 80.2 cm³/mol. The van der Waals surface area contributed by atoms with E-state index in [0.717, 1.165) is 41.8 Å². The van der Waals surface area contributed by atoms with E-state index in [-0.39, 0.29) is 5.82 Å². The summed E-state index contributed by atoms with van der Waals surface area (Å²) in [5.74, 6) is -0.270. The molecule has 1 aromatic carbocycles. The minimum absolute atomic E-state index is 0.270. The van der Waals surface area contributed by atoms with Crippen LogP contribution >= 0.6 is 11.6 Å². The van der Waals surface area contributed by atoms with Gasteiger partial charge in [0.2, 0.25) is 0 Å². The fourth-order valence-electron chi connectivity index (χ4n) is 3.06. The molecular weight excluding hydrogens is 289 g/mol. The Morgan fingerprint density at radius 2 is 2.05 bits per heavy atom. The summed E-state index contributed by atoms with van der Waals surface area (Å²) in [6.07, 6.45) is 2.92. The molecule has 0 atom stereocenters. The molecule has 4 rings (SSSR count). The zero-order valence-electron chi connectivity index (χ0n) is 11.5. The molecule has 0 saturated heterocycles. The third-order valence-corrected chi connectivity index (χ3v) is 4.43. The Kier molecular flexibility index (Phi) is 2.76. The molecular formula is C16H13ClFN3. The van der Waals surface area contributed by atoms with E-state index in [2.05, 4.69) is 5.10 Å². The molecule has 1 aliphatic rings. The van der Waals surface area contributed by atoms with E-state index < -0.39 is 0 Å². The van der Waals surface area contributed by atoms with Crippen LogP contribution in [-0.2, 0) is 12.8 Å². The lowest BCUT2D eigenvalue weighted by molar-refractivity contribution is 0.631. The second kappa shape index (κ2) is 4.53. The van der Waals surface area contributed by atoms with E-state index in [1.54, 1.807) is 16.6 Å². The highest BCUT2D eigenvalue weighted by atomic mass is 35.5. The van der Waals surface area contributed by atoms with Crippen molar-refractivity contribution >= 4 is 17.2 Å². The molecule has 0 bridgehead atoms. The summed E-state index contributed by atoms with van der Waals surface area (Å²) in [6.45, 7) is 1.86. The highest BCUT2D eigenvalue weighted by Crippen LogP contribution is 2.34. The van der Waals surface area contributed by atoms with Crippen molar-refractivity contribution in [3.05, 3.63) is 52.2 Å². The lowest BCUT2D eigenvalue weighted by atomic mass is 10.1. The third-order valence-electron chi connectivity index (χ3n) is 4.04. The van der Waals surface area contributed by atoms with E-state index in [1.165, 1.54) is 6.07 Å². The van der Waals surface area contributed by atoms with Crippen molar-refractivity contribution in [2.45, 2.75) is 26.2 Å². The molecule has 0 fully saturated rings. The van der Waals surface area contributed by atoms with E-state index in [9.17, 15) is 4.39 Å². The smallest absolute Gasteiger partial charge is 0.165 e. The van der Waals surface area contributed by atoms with Gasteiger partial charge in [-0.2, -0.15) is 5.10 Å². The molecule has 5 heteroatoms. The van der Waals surface area contributed by atoms with Gasteiger partial charge in [-0.15, -0.1) is 0 Å². The Morgan fingerprint density at radius 1 is 1.24 bits per heavy atom. The first-order chi connectivity index (χ1) is 10.2. The van der Waals surface area contributed by atoms with Gasteiger partial charge in [0, 0.05) is 16.8 Å². The van der Waals surface area contributed by atoms with Crippen molar-refractivity contribution in [2.75, 3.05) is 0 Å². The largest absolute Gasteiger partial charge is 0.233 e. The van der Waals surface area contributed by atoms with Crippen molar-refractivity contribution in [3.8, 4) is 11.1 Å². The van der Waals surface area contributed by atoms with Crippen LogP contribution in [0.4, 0.5) is 4.39 Å². The van der Waals surface area contributed by atoms with Gasteiger partial charge in [-0.05, 0) is 32.3 Å². The highest BCUT2D eigenvalue weighted by Gasteiger charge is 2.23. The van der Waals surface area contributed by atoms with Gasteiger partial charge >= 0.3 is 0 Å². The maximum Gasteiger partial charge on any atom is 0.165 e. The van der Waals surface area contributed by atoms with Crippen LogP contribution in [0.3, 0.4) is 0 Å². The molecule has 0 unspecified atom stereocenters. The van der Waals surface area contributed by atoms with Crippen molar-refractivity contribution in [3.63, 3.8) is 0 Å². The van der Waals surface area contributed by atoms with Crippen LogP contribution < -0.4 is 0 Å². The molecule has 0 amide bonds. The molecule has 0 saturated carbocycles. The number of aromatic nitrogens is 3. The summed E-state index contributed by atoms with van der Waals surface area (Å²) in [5, 5.41) is 5.07. The Hall–Kier alpha value is -1.94. The van der Waals surface area contributed by atoms with Gasteiger partial charge < -0.3 is 0 Å². The average Bonchev–Trinajstić information content (AvgIpc) is 3.05. The standard InChI is InChI=1S/C16H13ClFN3/c1-9-14(10-5-2-3-7-12(10)18)16-19-13-8-4-6-11(13)15(17)21(16)20-9/h2-3,5,7H,4,6,8H2,1H3. The number of fused-ring (bicyclic) bond motifs is 2. The van der Waals surface area contributed by atoms with Gasteiger partial charge in [0.25, 0.3) is 0 Å². The van der Waals surface area contributed by atoms with E-state index >= 15 is 0 Å². The Labute approximate surface area is 126 Å². The van der Waals surface area contributed by atoms with Gasteiger partial charge in [-0.25, -0.2) is 13.9 Å². The quantitative estimate of drug-likeness (QED) is 0.636. The molecule has 2 aromatic heterocycles. The first-order valence-electron chi connectivity index (χ1n) is 6.98. The second-order valence-electron chi connectivity index (χ2n) is 5.36. The molecule has 1 aliphatic carbocycles. The summed E-state index contributed by atoms with van der Waals surface area (Å²) < 4.78 is 15.8. The molecule has 3 nitrogen and oxygen atoms in total. The minimum Gasteiger partial charge on any atom is -0.233 e. The van der Waals surface area contributed by atoms with Gasteiger partial charge in [-0.1, -0.05) is 29.8 Å². The van der Waals surface area contributed by atoms with E-state index in [4.69, 9.17) is 16.6 Å². The van der Waals surface area contributed by atoms with Crippen LogP contribution in [-0.4, -0.2) is 14.6 Å². The maximum absolute atomic E-state index is 14.1. The first kappa shape index (κ1) is 12.8. The molecule has 0 N–H and O–H groups in total. The molecule has 0 aliphatic heterocycles. The monoisotopic (exact) mass is 301 g/mol. The molecule has 2 heterocycles. The minimum atomic E-state index is -0.270. The van der Waals surface area contributed by atoms with Crippen LogP contribution in [0.2, 0.25) is 5.15 Å². The number of hydrogen-bond acceptors (Lipinski definition) is 2. The van der Waals surface area contributed by atoms with Crippen LogP contribution in [0.1, 0.15) is 23.4 Å². The summed E-state index contributed by atoms with van der Waals surface area (Å²) >= 11 is 6.47. The molecule has 106 valence electrons. The fourth-order valence-corrected chi connectivity index (χ4v) is 3.38. The third kappa shape index (κ3) is 1.79. The zero-order chi connectivity index (χ0) is 14.6. The molecule has 0 radical (unpaired) electrons.